The molecular weight excluding hydrogens is 546 g/mol. The highest BCUT2D eigenvalue weighted by molar-refractivity contribution is 5.98. The van der Waals surface area contributed by atoms with E-state index in [1.54, 1.807) is 71.9 Å². The van der Waals surface area contributed by atoms with Crippen LogP contribution in [0.15, 0.2) is 35.4 Å². The van der Waals surface area contributed by atoms with E-state index in [1.807, 2.05) is 0 Å². The molecule has 14 nitrogen and oxygen atoms in total. The summed E-state index contributed by atoms with van der Waals surface area (Å²) in [5.74, 6) is -2.63. The maximum atomic E-state index is 13.5. The van der Waals surface area contributed by atoms with Gasteiger partial charge in [0.2, 0.25) is 17.8 Å². The number of carbonyl (C=O) groups excluding carboxylic acids is 5. The van der Waals surface area contributed by atoms with E-state index >= 15 is 0 Å². The Hall–Kier alpha value is -4.36. The summed E-state index contributed by atoms with van der Waals surface area (Å²) >= 11 is 0. The Morgan fingerprint density at radius 3 is 2.19 bits per heavy atom. The minimum absolute atomic E-state index is 0.0748. The summed E-state index contributed by atoms with van der Waals surface area (Å²) in [6.45, 7) is 9.93. The van der Waals surface area contributed by atoms with Crippen LogP contribution in [0.3, 0.4) is 0 Å². The number of hydrazone groups is 1. The molecule has 0 radical (unpaired) electrons. The molecule has 1 atom stereocenters. The minimum atomic E-state index is -0.970. The van der Waals surface area contributed by atoms with Crippen LogP contribution in [0.5, 0.6) is 0 Å². The fourth-order valence-corrected chi connectivity index (χ4v) is 4.14. The Morgan fingerprint density at radius 2 is 1.62 bits per heavy atom. The van der Waals surface area contributed by atoms with Crippen molar-refractivity contribution in [2.24, 2.45) is 16.6 Å². The molecule has 4 amide bonds. The van der Waals surface area contributed by atoms with Gasteiger partial charge in [-0.15, -0.1) is 5.10 Å². The first kappa shape index (κ1) is 33.8. The van der Waals surface area contributed by atoms with Gasteiger partial charge in [0.25, 0.3) is 5.91 Å². The van der Waals surface area contributed by atoms with E-state index in [4.69, 9.17) is 20.9 Å². The van der Waals surface area contributed by atoms with E-state index in [1.165, 1.54) is 9.80 Å². The van der Waals surface area contributed by atoms with Crippen molar-refractivity contribution in [3.63, 3.8) is 0 Å². The number of benzene rings is 1. The van der Waals surface area contributed by atoms with Crippen molar-refractivity contribution in [1.29, 1.82) is 0 Å². The van der Waals surface area contributed by atoms with Crippen molar-refractivity contribution in [1.82, 2.24) is 20.1 Å². The molecule has 0 aromatic heterocycles. The highest BCUT2D eigenvalue weighted by Gasteiger charge is 2.39. The quantitative estimate of drug-likeness (QED) is 0.117. The zero-order chi connectivity index (χ0) is 31.7. The average Bonchev–Trinajstić information content (AvgIpc) is 2.85. The average molecular weight is 590 g/mol. The van der Waals surface area contributed by atoms with Crippen molar-refractivity contribution >= 4 is 35.7 Å². The lowest BCUT2D eigenvalue weighted by Gasteiger charge is -2.41. The molecule has 1 aromatic rings. The fraction of sp³-hybridized carbons (Fsp3) is 0.571. The monoisotopic (exact) mass is 589 g/mol. The van der Waals surface area contributed by atoms with E-state index in [2.05, 4.69) is 10.4 Å². The highest BCUT2D eigenvalue weighted by Crippen LogP contribution is 2.19. The number of rotatable bonds is 10. The summed E-state index contributed by atoms with van der Waals surface area (Å²) < 4.78 is 10.6. The van der Waals surface area contributed by atoms with Crippen LogP contribution in [0.25, 0.3) is 0 Å². The number of amides is 4. The number of alkyl carbamates (subject to hydrolysis) is 1. The molecule has 1 aliphatic heterocycles. The number of hydrogen-bond donors (Lipinski definition) is 3. The molecule has 0 spiro atoms. The lowest BCUT2D eigenvalue weighted by molar-refractivity contribution is -0.163. The Balaban J connectivity index is 2.21. The second-order valence-corrected chi connectivity index (χ2v) is 11.8. The van der Waals surface area contributed by atoms with Crippen molar-refractivity contribution in [3.05, 3.63) is 35.9 Å². The van der Waals surface area contributed by atoms with Gasteiger partial charge in [0.1, 0.15) is 30.3 Å². The summed E-state index contributed by atoms with van der Waals surface area (Å²) in [5, 5.41) is 7.32. The number of guanidine groups is 1. The molecule has 14 heteroatoms. The van der Waals surface area contributed by atoms with Gasteiger partial charge in [-0.3, -0.25) is 19.2 Å². The molecule has 1 fully saturated rings. The van der Waals surface area contributed by atoms with Crippen LogP contribution >= 0.6 is 0 Å². The fourth-order valence-electron chi connectivity index (χ4n) is 4.14. The third-order valence-electron chi connectivity index (χ3n) is 5.74. The minimum Gasteiger partial charge on any atom is -0.459 e. The Bertz CT molecular complexity index is 1160. The zero-order valence-corrected chi connectivity index (χ0v) is 25.2. The summed E-state index contributed by atoms with van der Waals surface area (Å²) in [5.41, 5.74) is 9.91. The largest absolute Gasteiger partial charge is 0.459 e. The molecule has 0 aliphatic carbocycles. The van der Waals surface area contributed by atoms with E-state index < -0.39 is 59.5 Å². The number of esters is 1. The van der Waals surface area contributed by atoms with Crippen LogP contribution in [0.4, 0.5) is 4.79 Å². The molecule has 1 aliphatic rings. The third kappa shape index (κ3) is 11.3. The number of ether oxygens (including phenoxy) is 2. The summed E-state index contributed by atoms with van der Waals surface area (Å²) in [7, 11) is 0. The third-order valence-corrected chi connectivity index (χ3v) is 5.74. The maximum absolute atomic E-state index is 13.5. The number of piperazine rings is 1. The Kier molecular flexibility index (Phi) is 11.7. The molecule has 1 aromatic carbocycles. The molecule has 5 N–H and O–H groups in total. The summed E-state index contributed by atoms with van der Waals surface area (Å²) in [4.78, 5) is 67.3. The van der Waals surface area contributed by atoms with Crippen LogP contribution < -0.4 is 16.8 Å². The predicted octanol–water partition coefficient (Wildman–Crippen LogP) is 1.00. The van der Waals surface area contributed by atoms with E-state index in [0.29, 0.717) is 6.42 Å². The zero-order valence-electron chi connectivity index (χ0n) is 25.2. The van der Waals surface area contributed by atoms with Crippen molar-refractivity contribution < 1.29 is 33.4 Å². The first-order valence-electron chi connectivity index (χ1n) is 13.7. The van der Waals surface area contributed by atoms with Gasteiger partial charge in [0.15, 0.2) is 0 Å². The van der Waals surface area contributed by atoms with Crippen LogP contribution in [0.2, 0.25) is 0 Å². The predicted molar refractivity (Wildman–Crippen MR) is 155 cm³/mol. The molecule has 1 heterocycles. The topological polar surface area (TPSA) is 190 Å². The van der Waals surface area contributed by atoms with Gasteiger partial charge in [0.05, 0.1) is 0 Å². The van der Waals surface area contributed by atoms with Crippen molar-refractivity contribution in [2.45, 2.75) is 71.6 Å². The van der Waals surface area contributed by atoms with Gasteiger partial charge in [0, 0.05) is 25.2 Å². The second kappa shape index (κ2) is 14.5. The molecule has 0 saturated carbocycles. The number of nitrogens with one attached hydrogen (secondary N) is 1. The highest BCUT2D eigenvalue weighted by atomic mass is 16.6. The van der Waals surface area contributed by atoms with E-state index in [0.717, 1.165) is 5.01 Å². The van der Waals surface area contributed by atoms with Gasteiger partial charge in [-0.1, -0.05) is 18.2 Å². The molecule has 0 unspecified atom stereocenters. The first-order valence-corrected chi connectivity index (χ1v) is 13.7. The van der Waals surface area contributed by atoms with Crippen LogP contribution in [-0.2, 0) is 23.9 Å². The lowest BCUT2D eigenvalue weighted by Crippen LogP contribution is -2.61. The summed E-state index contributed by atoms with van der Waals surface area (Å²) in [6.07, 6.45) is -0.121. The Morgan fingerprint density at radius 1 is 1.00 bits per heavy atom. The molecule has 0 bridgehead atoms. The van der Waals surface area contributed by atoms with Gasteiger partial charge in [-0.2, -0.15) is 0 Å². The van der Waals surface area contributed by atoms with E-state index in [9.17, 15) is 24.0 Å². The van der Waals surface area contributed by atoms with Crippen LogP contribution in [0, 0.1) is 0 Å². The normalized spacial score (nSPS) is 15.5. The van der Waals surface area contributed by atoms with Crippen molar-refractivity contribution in [3.8, 4) is 0 Å². The lowest BCUT2D eigenvalue weighted by atomic mass is 10.0. The van der Waals surface area contributed by atoms with E-state index in [-0.39, 0.29) is 38.2 Å². The van der Waals surface area contributed by atoms with Crippen molar-refractivity contribution in [2.75, 3.05) is 32.7 Å². The van der Waals surface area contributed by atoms with Gasteiger partial charge in [-0.25, -0.2) is 9.80 Å². The second-order valence-electron chi connectivity index (χ2n) is 11.8. The summed E-state index contributed by atoms with van der Waals surface area (Å²) in [6, 6.07) is 7.20. The SMILES string of the molecule is CC(C)(C)OC(=O)CN1CCN(C(=O)CN(N=C(N)N)C(=O)c2ccccc2)[C@@H](CCCNC(=O)OC(C)(C)C)C1=O. The molecular formula is C28H43N7O7. The van der Waals surface area contributed by atoms with Crippen LogP contribution in [-0.4, -0.2) is 101 Å². The molecule has 42 heavy (non-hydrogen) atoms. The van der Waals surface area contributed by atoms with Gasteiger partial charge < -0.3 is 36.1 Å². The number of carbonyl (C=O) groups is 5. The number of nitrogens with two attached hydrogens (primary N) is 2. The molecule has 2 rings (SSSR count). The van der Waals surface area contributed by atoms with Crippen LogP contribution in [0.1, 0.15) is 64.7 Å². The number of hydrogen-bond acceptors (Lipinski definition) is 8. The number of nitrogens with zero attached hydrogens (tertiary/aromatic N) is 4. The molecule has 1 saturated heterocycles. The standard InChI is InChI=1S/C28H43N7O7/c1-27(2,3)41-22(37)18-33-15-16-34(20(24(33)39)13-10-14-31-26(40)42-28(4,5)6)21(36)17-35(32-25(29)30)23(38)19-11-8-7-9-12-19/h7-9,11-12,20H,10,13-18H2,1-6H3,(H,31,40)(H4,29,30,32)/t20-/m0/s1. The Labute approximate surface area is 246 Å². The van der Waals surface area contributed by atoms with Gasteiger partial charge >= 0.3 is 12.1 Å². The maximum Gasteiger partial charge on any atom is 0.407 e. The smallest absolute Gasteiger partial charge is 0.407 e. The molecule has 232 valence electrons. The first-order chi connectivity index (χ1) is 19.5. The van der Waals surface area contributed by atoms with Gasteiger partial charge in [-0.05, 0) is 66.5 Å².